The molecule has 0 aromatic heterocycles. The number of β-amino-alcohol motifs (C(OH)–C–C–N with tert-alkyl or cyclic N) is 1. The smallest absolute Gasteiger partial charge is 0.325 e. The van der Waals surface area contributed by atoms with Gasteiger partial charge in [0.1, 0.15) is 18.2 Å². The normalized spacial score (nSPS) is 21.9. The number of aliphatic hydroxyl groups is 1. The van der Waals surface area contributed by atoms with Gasteiger partial charge in [-0.05, 0) is 17.7 Å². The lowest BCUT2D eigenvalue weighted by molar-refractivity contribution is -0.156. The van der Waals surface area contributed by atoms with Crippen molar-refractivity contribution in [2.24, 2.45) is 0 Å². The van der Waals surface area contributed by atoms with Crippen molar-refractivity contribution in [3.05, 3.63) is 71.8 Å². The average molecular weight is 382 g/mol. The van der Waals surface area contributed by atoms with Gasteiger partial charge in [0, 0.05) is 12.0 Å². The fourth-order valence-electron chi connectivity index (χ4n) is 3.36. The van der Waals surface area contributed by atoms with Crippen LogP contribution in [-0.4, -0.2) is 54.0 Å². The largest absolute Gasteiger partial charge is 0.468 e. The molecule has 2 amide bonds. The fraction of sp³-hybridized carbons (Fsp3) is 0.286. The summed E-state index contributed by atoms with van der Waals surface area (Å²) in [6, 6.07) is 16.4. The summed E-state index contributed by atoms with van der Waals surface area (Å²) in [5.41, 5.74) is -0.391. The van der Waals surface area contributed by atoms with Gasteiger partial charge < -0.3 is 20.1 Å². The number of nitrogens with one attached hydrogen (secondary N) is 1. The highest BCUT2D eigenvalue weighted by Crippen LogP contribution is 2.32. The number of likely N-dealkylation sites (tertiary alicyclic amines) is 1. The number of carbonyl (C=O) groups is 3. The van der Waals surface area contributed by atoms with Gasteiger partial charge in [-0.3, -0.25) is 14.4 Å². The molecular weight excluding hydrogens is 360 g/mol. The van der Waals surface area contributed by atoms with Crippen LogP contribution in [0.15, 0.2) is 60.7 Å². The van der Waals surface area contributed by atoms with Crippen molar-refractivity contribution in [2.45, 2.75) is 18.1 Å². The zero-order valence-corrected chi connectivity index (χ0v) is 15.5. The van der Waals surface area contributed by atoms with Gasteiger partial charge in [0.2, 0.25) is 5.91 Å². The molecule has 1 fully saturated rings. The highest BCUT2D eigenvalue weighted by Gasteiger charge is 2.45. The topological polar surface area (TPSA) is 95.9 Å². The molecule has 0 unspecified atom stereocenters. The van der Waals surface area contributed by atoms with Gasteiger partial charge in [0.05, 0.1) is 13.7 Å². The van der Waals surface area contributed by atoms with Crippen molar-refractivity contribution in [1.82, 2.24) is 10.2 Å². The second-order valence-corrected chi connectivity index (χ2v) is 6.76. The summed E-state index contributed by atoms with van der Waals surface area (Å²) >= 11 is 0. The summed E-state index contributed by atoms with van der Waals surface area (Å²) in [7, 11) is 1.23. The number of hydrogen-bond acceptors (Lipinski definition) is 5. The van der Waals surface area contributed by atoms with Crippen LogP contribution in [0.4, 0.5) is 0 Å². The summed E-state index contributed by atoms with van der Waals surface area (Å²) in [5.74, 6) is -1.46. The molecule has 2 N–H and O–H groups in total. The third-order valence-electron chi connectivity index (χ3n) is 4.80. The van der Waals surface area contributed by atoms with Crippen LogP contribution in [0, 0.1) is 0 Å². The first kappa shape index (κ1) is 19.6. The summed E-state index contributed by atoms with van der Waals surface area (Å²) in [5, 5.41) is 14.0. The van der Waals surface area contributed by atoms with E-state index >= 15 is 0 Å². The molecule has 146 valence electrons. The molecule has 28 heavy (non-hydrogen) atoms. The average Bonchev–Trinajstić information content (AvgIpc) is 2.72. The molecule has 0 saturated carbocycles. The van der Waals surface area contributed by atoms with Crippen molar-refractivity contribution in [3.63, 3.8) is 0 Å². The summed E-state index contributed by atoms with van der Waals surface area (Å²) in [6.45, 7) is -0.370. The lowest BCUT2D eigenvalue weighted by Gasteiger charge is -2.42. The molecule has 1 aliphatic heterocycles. The predicted octanol–water partition coefficient (Wildman–Crippen LogP) is 1.08. The SMILES string of the molecule is COC(=O)CN1C[C@](O)(c2ccccc2)C[C@H](NC(=O)c2ccccc2)C1=O. The Labute approximate surface area is 162 Å². The number of nitrogens with zero attached hydrogens (tertiary/aromatic N) is 1. The molecule has 3 rings (SSSR count). The number of amides is 2. The fourth-order valence-corrected chi connectivity index (χ4v) is 3.36. The van der Waals surface area contributed by atoms with Crippen molar-refractivity contribution < 1.29 is 24.2 Å². The molecule has 1 saturated heterocycles. The number of hydrogen-bond donors (Lipinski definition) is 2. The molecule has 0 radical (unpaired) electrons. The molecule has 1 aliphatic rings. The van der Waals surface area contributed by atoms with Crippen LogP contribution in [0.5, 0.6) is 0 Å². The van der Waals surface area contributed by atoms with E-state index in [9.17, 15) is 19.5 Å². The van der Waals surface area contributed by atoms with Crippen LogP contribution in [-0.2, 0) is 19.9 Å². The van der Waals surface area contributed by atoms with E-state index in [0.29, 0.717) is 11.1 Å². The molecule has 0 aliphatic carbocycles. The van der Waals surface area contributed by atoms with E-state index in [0.717, 1.165) is 0 Å². The lowest BCUT2D eigenvalue weighted by Crippen LogP contribution is -2.61. The first-order valence-electron chi connectivity index (χ1n) is 8.92. The van der Waals surface area contributed by atoms with Crippen LogP contribution in [0.25, 0.3) is 0 Å². The zero-order valence-electron chi connectivity index (χ0n) is 15.5. The van der Waals surface area contributed by atoms with Gasteiger partial charge in [0.25, 0.3) is 5.91 Å². The number of methoxy groups -OCH3 is 1. The number of piperidine rings is 1. The number of rotatable bonds is 5. The quantitative estimate of drug-likeness (QED) is 0.755. The minimum atomic E-state index is -1.40. The van der Waals surface area contributed by atoms with Crippen molar-refractivity contribution >= 4 is 17.8 Å². The Morgan fingerprint density at radius 1 is 1.14 bits per heavy atom. The van der Waals surface area contributed by atoms with Crippen molar-refractivity contribution in [1.29, 1.82) is 0 Å². The van der Waals surface area contributed by atoms with Crippen LogP contribution in [0.2, 0.25) is 0 Å². The van der Waals surface area contributed by atoms with Gasteiger partial charge in [-0.2, -0.15) is 0 Å². The van der Waals surface area contributed by atoms with Gasteiger partial charge in [-0.15, -0.1) is 0 Å². The Morgan fingerprint density at radius 3 is 2.36 bits per heavy atom. The molecule has 1 heterocycles. The second-order valence-electron chi connectivity index (χ2n) is 6.76. The maximum absolute atomic E-state index is 12.9. The summed E-state index contributed by atoms with van der Waals surface area (Å²) in [6.07, 6.45) is 0.00604. The van der Waals surface area contributed by atoms with Gasteiger partial charge in [0.15, 0.2) is 0 Å². The number of esters is 1. The van der Waals surface area contributed by atoms with Gasteiger partial charge in [-0.25, -0.2) is 0 Å². The van der Waals surface area contributed by atoms with Gasteiger partial charge in [-0.1, -0.05) is 48.5 Å². The van der Waals surface area contributed by atoms with E-state index in [1.165, 1.54) is 12.0 Å². The first-order valence-corrected chi connectivity index (χ1v) is 8.92. The molecular formula is C21H22N2O5. The Bertz CT molecular complexity index is 856. The number of carbonyl (C=O) groups excluding carboxylic acids is 3. The number of benzene rings is 2. The van der Waals surface area contributed by atoms with Crippen molar-refractivity contribution in [3.8, 4) is 0 Å². The van der Waals surface area contributed by atoms with E-state index in [1.807, 2.05) is 6.07 Å². The van der Waals surface area contributed by atoms with Crippen LogP contribution >= 0.6 is 0 Å². The second kappa shape index (κ2) is 8.22. The third-order valence-corrected chi connectivity index (χ3v) is 4.80. The van der Waals surface area contributed by atoms with Crippen LogP contribution < -0.4 is 5.32 Å². The monoisotopic (exact) mass is 382 g/mol. The molecule has 0 bridgehead atoms. The Hall–Kier alpha value is -3.19. The van der Waals surface area contributed by atoms with E-state index in [4.69, 9.17) is 0 Å². The minimum Gasteiger partial charge on any atom is -0.468 e. The molecule has 7 nitrogen and oxygen atoms in total. The Morgan fingerprint density at radius 2 is 1.75 bits per heavy atom. The molecule has 0 spiro atoms. The maximum atomic E-state index is 12.9. The van der Waals surface area contributed by atoms with E-state index in [-0.39, 0.29) is 19.5 Å². The van der Waals surface area contributed by atoms with Gasteiger partial charge >= 0.3 is 5.97 Å². The Balaban J connectivity index is 1.87. The lowest BCUT2D eigenvalue weighted by atomic mass is 9.83. The summed E-state index contributed by atoms with van der Waals surface area (Å²) in [4.78, 5) is 38.3. The van der Waals surface area contributed by atoms with E-state index < -0.39 is 29.4 Å². The standard InChI is InChI=1S/C21H22N2O5/c1-28-18(24)13-23-14-21(27,16-10-6-3-7-11-16)12-17(20(23)26)22-19(25)15-8-4-2-5-9-15/h2-11,17,27H,12-14H2,1H3,(H,22,25)/t17-,21-/m0/s1. The molecule has 2 aromatic carbocycles. The summed E-state index contributed by atoms with van der Waals surface area (Å²) < 4.78 is 4.66. The van der Waals surface area contributed by atoms with Crippen LogP contribution in [0.3, 0.4) is 0 Å². The van der Waals surface area contributed by atoms with E-state index in [1.54, 1.807) is 54.6 Å². The first-order chi connectivity index (χ1) is 13.4. The maximum Gasteiger partial charge on any atom is 0.325 e. The highest BCUT2D eigenvalue weighted by molar-refractivity contribution is 5.98. The molecule has 2 atom stereocenters. The third kappa shape index (κ3) is 4.20. The number of ether oxygens (including phenoxy) is 1. The molecule has 7 heteroatoms. The van der Waals surface area contributed by atoms with Crippen molar-refractivity contribution in [2.75, 3.05) is 20.2 Å². The van der Waals surface area contributed by atoms with E-state index in [2.05, 4.69) is 10.1 Å². The Kier molecular flexibility index (Phi) is 5.75. The highest BCUT2D eigenvalue weighted by atomic mass is 16.5. The predicted molar refractivity (Wildman–Crippen MR) is 101 cm³/mol. The van der Waals surface area contributed by atoms with Crippen LogP contribution in [0.1, 0.15) is 22.3 Å². The molecule has 2 aromatic rings. The zero-order chi connectivity index (χ0) is 20.1. The minimum absolute atomic E-state index is 0.00604.